The first kappa shape index (κ1) is 32.6. The molecule has 2 aliphatic heterocycles. The van der Waals surface area contributed by atoms with Gasteiger partial charge in [-0.25, -0.2) is 17.8 Å². The maximum absolute atomic E-state index is 15.2. The molecule has 0 saturated carbocycles. The van der Waals surface area contributed by atoms with E-state index in [2.05, 4.69) is 11.6 Å². The number of phenolic OH excluding ortho intramolecular Hbond substituents is 1. The number of phenols is 1. The number of sulfone groups is 1. The summed E-state index contributed by atoms with van der Waals surface area (Å²) in [6.45, 7) is 11.1. The third-order valence-corrected chi connectivity index (χ3v) is 10.6. The number of hydrogen-bond acceptors (Lipinski definition) is 8. The van der Waals surface area contributed by atoms with E-state index in [-0.39, 0.29) is 50.2 Å². The standard InChI is InChI=1S/C34H35ClFN5O5S/c1-6-25(43)40-17-34(18-40)11-14-39(15-12-34)30-21-16-22(35)28(26-23(36)8-7-9-24(26)42)38-32(21)41(33(44)31(30)47(5,45)46)29-20(4)10-13-37-27(29)19(2)3/h6-10,13,16,19,42H,1,11-12,14-15,17-18H2,2-5H3. The molecule has 2 aliphatic rings. The summed E-state index contributed by atoms with van der Waals surface area (Å²) in [5.41, 5.74) is 0.480. The van der Waals surface area contributed by atoms with Gasteiger partial charge in [0, 0.05) is 49.4 Å². The number of carbonyl (C=O) groups is 1. The number of aromatic hydroxyl groups is 1. The van der Waals surface area contributed by atoms with Crippen molar-refractivity contribution in [2.75, 3.05) is 37.3 Å². The fraction of sp³-hybridized carbons (Fsp3) is 0.353. The van der Waals surface area contributed by atoms with Crippen LogP contribution in [0.5, 0.6) is 5.75 Å². The summed E-state index contributed by atoms with van der Waals surface area (Å²) in [5, 5.41) is 10.9. The second kappa shape index (κ2) is 11.7. The number of rotatable bonds is 6. The first-order valence-corrected chi connectivity index (χ1v) is 17.5. The molecule has 0 bridgehead atoms. The zero-order chi connectivity index (χ0) is 34.0. The normalized spacial score (nSPS) is 16.1. The Morgan fingerprint density at radius 3 is 2.45 bits per heavy atom. The van der Waals surface area contributed by atoms with Crippen molar-refractivity contribution in [3.8, 4) is 22.7 Å². The van der Waals surface area contributed by atoms with Crippen molar-refractivity contribution in [1.82, 2.24) is 19.4 Å². The van der Waals surface area contributed by atoms with Gasteiger partial charge in [0.05, 0.1) is 33.3 Å². The molecular weight excluding hydrogens is 645 g/mol. The fourth-order valence-electron chi connectivity index (χ4n) is 6.88. The van der Waals surface area contributed by atoms with Crippen molar-refractivity contribution in [1.29, 1.82) is 0 Å². The van der Waals surface area contributed by atoms with Crippen LogP contribution in [0.25, 0.3) is 28.0 Å². The Balaban J connectivity index is 1.65. The van der Waals surface area contributed by atoms with Crippen molar-refractivity contribution < 1.29 is 22.7 Å². The van der Waals surface area contributed by atoms with E-state index in [1.54, 1.807) is 24.1 Å². The molecule has 0 unspecified atom stereocenters. The minimum absolute atomic E-state index is 0.0400. The van der Waals surface area contributed by atoms with Crippen LogP contribution in [0, 0.1) is 18.2 Å². The molecule has 10 nitrogen and oxygen atoms in total. The highest BCUT2D eigenvalue weighted by atomic mass is 35.5. The van der Waals surface area contributed by atoms with E-state index in [0.717, 1.165) is 6.26 Å². The van der Waals surface area contributed by atoms with Gasteiger partial charge in [0.1, 0.15) is 17.2 Å². The number of pyridine rings is 3. The summed E-state index contributed by atoms with van der Waals surface area (Å²) in [6.07, 6.45) is 5.22. The molecule has 0 aliphatic carbocycles. The maximum Gasteiger partial charge on any atom is 0.277 e. The van der Waals surface area contributed by atoms with Gasteiger partial charge in [0.2, 0.25) is 5.91 Å². The molecule has 4 aromatic rings. The maximum atomic E-state index is 15.2. The highest BCUT2D eigenvalue weighted by molar-refractivity contribution is 7.90. The van der Waals surface area contributed by atoms with Gasteiger partial charge in [-0.05, 0) is 61.6 Å². The van der Waals surface area contributed by atoms with Crippen LogP contribution in [-0.4, -0.2) is 71.3 Å². The third-order valence-electron chi connectivity index (χ3n) is 9.24. The average molecular weight is 680 g/mol. The quantitative estimate of drug-likeness (QED) is 0.269. The van der Waals surface area contributed by atoms with E-state index in [9.17, 15) is 23.1 Å². The highest BCUT2D eigenvalue weighted by Crippen LogP contribution is 2.45. The molecule has 1 aromatic carbocycles. The van der Waals surface area contributed by atoms with Crippen molar-refractivity contribution in [3.05, 3.63) is 81.6 Å². The number of hydrogen-bond donors (Lipinski definition) is 1. The number of amides is 1. The topological polar surface area (TPSA) is 126 Å². The average Bonchev–Trinajstić information content (AvgIpc) is 2.99. The Labute approximate surface area is 277 Å². The van der Waals surface area contributed by atoms with Gasteiger partial charge in [-0.3, -0.25) is 19.1 Å². The third kappa shape index (κ3) is 5.46. The van der Waals surface area contributed by atoms with Crippen LogP contribution in [0.2, 0.25) is 5.02 Å². The van der Waals surface area contributed by atoms with Crippen molar-refractivity contribution in [3.63, 3.8) is 0 Å². The molecule has 0 atom stereocenters. The van der Waals surface area contributed by atoms with Crippen LogP contribution in [-0.2, 0) is 14.6 Å². The predicted molar refractivity (Wildman–Crippen MR) is 180 cm³/mol. The number of piperidine rings is 1. The number of aryl methyl sites for hydroxylation is 1. The minimum Gasteiger partial charge on any atom is -0.507 e. The lowest BCUT2D eigenvalue weighted by molar-refractivity contribution is -0.139. The molecule has 47 heavy (non-hydrogen) atoms. The summed E-state index contributed by atoms with van der Waals surface area (Å²) in [6, 6.07) is 7.03. The number of nitrogens with zero attached hydrogens (tertiary/aromatic N) is 5. The van der Waals surface area contributed by atoms with E-state index in [0.29, 0.717) is 56.0 Å². The first-order valence-electron chi connectivity index (χ1n) is 15.3. The zero-order valence-corrected chi connectivity index (χ0v) is 28.1. The molecule has 246 valence electrons. The molecule has 0 radical (unpaired) electrons. The van der Waals surface area contributed by atoms with Gasteiger partial charge in [0.25, 0.3) is 5.56 Å². The number of carbonyl (C=O) groups excluding carboxylic acids is 1. The van der Waals surface area contributed by atoms with Gasteiger partial charge >= 0.3 is 0 Å². The van der Waals surface area contributed by atoms with Gasteiger partial charge in [0.15, 0.2) is 14.7 Å². The molecule has 13 heteroatoms. The van der Waals surface area contributed by atoms with E-state index >= 15 is 4.39 Å². The number of fused-ring (bicyclic) bond motifs is 1. The van der Waals surface area contributed by atoms with Crippen LogP contribution in [0.15, 0.2) is 58.9 Å². The Kier molecular flexibility index (Phi) is 8.16. The largest absolute Gasteiger partial charge is 0.507 e. The van der Waals surface area contributed by atoms with Crippen LogP contribution >= 0.6 is 11.6 Å². The number of halogens is 2. The lowest BCUT2D eigenvalue weighted by atomic mass is 9.72. The molecule has 1 amide bonds. The first-order chi connectivity index (χ1) is 22.2. The summed E-state index contributed by atoms with van der Waals surface area (Å²) in [7, 11) is -4.14. The SMILES string of the molecule is C=CC(=O)N1CC2(CCN(c3c(S(C)(=O)=O)c(=O)n(-c4c(C)ccnc4C(C)C)c4nc(-c5c(O)cccc5F)c(Cl)cc34)CC2)C1. The molecule has 1 N–H and O–H groups in total. The van der Waals surface area contributed by atoms with E-state index in [4.69, 9.17) is 16.6 Å². The van der Waals surface area contributed by atoms with E-state index in [1.807, 2.05) is 18.7 Å². The lowest BCUT2D eigenvalue weighted by Crippen LogP contribution is -2.61. The smallest absolute Gasteiger partial charge is 0.277 e. The van der Waals surface area contributed by atoms with Gasteiger partial charge < -0.3 is 14.9 Å². The highest BCUT2D eigenvalue weighted by Gasteiger charge is 2.47. The summed E-state index contributed by atoms with van der Waals surface area (Å²) in [4.78, 5) is 39.3. The van der Waals surface area contributed by atoms with Crippen molar-refractivity contribution >= 4 is 44.1 Å². The Bertz CT molecular complexity index is 2110. The summed E-state index contributed by atoms with van der Waals surface area (Å²) >= 11 is 6.79. The van der Waals surface area contributed by atoms with Crippen LogP contribution in [0.1, 0.15) is 43.9 Å². The molecule has 1 spiro atoms. The molecule has 5 heterocycles. The Morgan fingerprint density at radius 1 is 1.17 bits per heavy atom. The molecule has 2 fully saturated rings. The van der Waals surface area contributed by atoms with Crippen molar-refractivity contribution in [2.24, 2.45) is 5.41 Å². The van der Waals surface area contributed by atoms with Gasteiger partial charge in [-0.2, -0.15) is 0 Å². The minimum atomic E-state index is -4.14. The Hall–Kier alpha value is -4.29. The molecule has 2 saturated heterocycles. The Morgan fingerprint density at radius 2 is 1.85 bits per heavy atom. The summed E-state index contributed by atoms with van der Waals surface area (Å²) < 4.78 is 43.7. The number of benzene rings is 1. The summed E-state index contributed by atoms with van der Waals surface area (Å²) in [5.74, 6) is -1.46. The number of anilines is 1. The molecular formula is C34H35ClFN5O5S. The predicted octanol–water partition coefficient (Wildman–Crippen LogP) is 5.40. The van der Waals surface area contributed by atoms with Gasteiger partial charge in [-0.15, -0.1) is 0 Å². The van der Waals surface area contributed by atoms with Gasteiger partial charge in [-0.1, -0.05) is 38.1 Å². The van der Waals surface area contributed by atoms with Crippen molar-refractivity contribution in [2.45, 2.75) is 44.4 Å². The second-order valence-corrected chi connectivity index (χ2v) is 15.2. The molecule has 6 rings (SSSR count). The lowest BCUT2D eigenvalue weighted by Gasteiger charge is -2.54. The number of aromatic nitrogens is 3. The fourth-order valence-corrected chi connectivity index (χ4v) is 8.12. The van der Waals surface area contributed by atoms with Crippen LogP contribution < -0.4 is 10.5 Å². The zero-order valence-electron chi connectivity index (χ0n) is 26.5. The van der Waals surface area contributed by atoms with E-state index < -0.39 is 31.9 Å². The monoisotopic (exact) mass is 679 g/mol. The second-order valence-electron chi connectivity index (χ2n) is 12.8. The van der Waals surface area contributed by atoms with E-state index in [1.165, 1.54) is 34.9 Å². The van der Waals surface area contributed by atoms with Crippen LogP contribution in [0.3, 0.4) is 0 Å². The van der Waals surface area contributed by atoms with Crippen LogP contribution in [0.4, 0.5) is 10.1 Å². The molecule has 3 aromatic heterocycles. The number of likely N-dealkylation sites (tertiary alicyclic amines) is 1.